The van der Waals surface area contributed by atoms with Gasteiger partial charge in [-0.25, -0.2) is 0 Å². The summed E-state index contributed by atoms with van der Waals surface area (Å²) in [7, 11) is 0. The lowest BCUT2D eigenvalue weighted by Gasteiger charge is -2.40. The Kier molecular flexibility index (Phi) is 1.68. The van der Waals surface area contributed by atoms with Crippen LogP contribution in [0.3, 0.4) is 0 Å². The van der Waals surface area contributed by atoms with Gasteiger partial charge in [0.15, 0.2) is 0 Å². The molecule has 1 heteroatoms. The van der Waals surface area contributed by atoms with E-state index >= 15 is 0 Å². The fourth-order valence-corrected chi connectivity index (χ4v) is 5.75. The predicted octanol–water partition coefficient (Wildman–Crippen LogP) is 3.04. The average molecular weight is 204 g/mol. The molecule has 6 atom stereocenters. The van der Waals surface area contributed by atoms with Gasteiger partial charge in [-0.2, -0.15) is 0 Å². The highest BCUT2D eigenvalue weighted by Crippen LogP contribution is 2.65. The Balaban J connectivity index is 1.67. The second-order valence-corrected chi connectivity index (χ2v) is 6.45. The van der Waals surface area contributed by atoms with Crippen molar-refractivity contribution >= 4 is 5.78 Å². The Hall–Kier alpha value is -0.330. The molecule has 0 radical (unpaired) electrons. The zero-order valence-corrected chi connectivity index (χ0v) is 9.32. The summed E-state index contributed by atoms with van der Waals surface area (Å²) in [5.41, 5.74) is 0. The van der Waals surface area contributed by atoms with Crippen molar-refractivity contribution in [3.8, 4) is 0 Å². The largest absolute Gasteiger partial charge is 0.300 e. The van der Waals surface area contributed by atoms with Crippen LogP contribution in [0.25, 0.3) is 0 Å². The van der Waals surface area contributed by atoms with Crippen molar-refractivity contribution in [3.63, 3.8) is 0 Å². The molecular weight excluding hydrogens is 184 g/mol. The van der Waals surface area contributed by atoms with E-state index in [0.29, 0.717) is 5.78 Å². The van der Waals surface area contributed by atoms with Crippen molar-refractivity contribution in [2.75, 3.05) is 0 Å². The van der Waals surface area contributed by atoms with Crippen LogP contribution in [0.15, 0.2) is 0 Å². The van der Waals surface area contributed by atoms with Crippen molar-refractivity contribution < 1.29 is 4.79 Å². The minimum absolute atomic E-state index is 0.582. The van der Waals surface area contributed by atoms with Crippen LogP contribution < -0.4 is 0 Å². The molecule has 0 aromatic rings. The number of Topliss-reactive ketones (excluding diaryl/α,β-unsaturated/α-hetero) is 1. The molecule has 1 nitrogen and oxygen atoms in total. The minimum atomic E-state index is 0.582. The van der Waals surface area contributed by atoms with Gasteiger partial charge in [0.25, 0.3) is 0 Å². The molecule has 4 aliphatic carbocycles. The highest BCUT2D eigenvalue weighted by molar-refractivity contribution is 5.81. The van der Waals surface area contributed by atoms with Crippen molar-refractivity contribution in [1.29, 1.82) is 0 Å². The van der Waals surface area contributed by atoms with E-state index in [1.54, 1.807) is 0 Å². The average Bonchev–Trinajstić information content (AvgIpc) is 2.85. The fraction of sp³-hybridized carbons (Fsp3) is 0.929. The summed E-state index contributed by atoms with van der Waals surface area (Å²) in [5.74, 6) is 6.27. The van der Waals surface area contributed by atoms with E-state index in [2.05, 4.69) is 0 Å². The van der Waals surface area contributed by atoms with Gasteiger partial charge in [0.05, 0.1) is 0 Å². The van der Waals surface area contributed by atoms with Gasteiger partial charge in [0, 0.05) is 12.8 Å². The quantitative estimate of drug-likeness (QED) is 0.592. The third-order valence-corrected chi connectivity index (χ3v) is 6.10. The maximum absolute atomic E-state index is 11.6. The molecule has 4 aliphatic rings. The number of carbonyl (C=O) groups excluding carboxylic acids is 1. The van der Waals surface area contributed by atoms with Crippen LogP contribution in [-0.4, -0.2) is 5.78 Å². The van der Waals surface area contributed by atoms with Gasteiger partial charge in [0.1, 0.15) is 5.78 Å². The molecule has 0 saturated heterocycles. The van der Waals surface area contributed by atoms with Crippen molar-refractivity contribution in [1.82, 2.24) is 0 Å². The van der Waals surface area contributed by atoms with Gasteiger partial charge >= 0.3 is 0 Å². The van der Waals surface area contributed by atoms with Gasteiger partial charge in [-0.15, -0.1) is 0 Å². The van der Waals surface area contributed by atoms with Crippen LogP contribution >= 0.6 is 0 Å². The monoisotopic (exact) mass is 204 g/mol. The fourth-order valence-electron chi connectivity index (χ4n) is 5.75. The Morgan fingerprint density at radius 2 is 1.27 bits per heavy atom. The number of hydrogen-bond donors (Lipinski definition) is 0. The molecule has 15 heavy (non-hydrogen) atoms. The molecule has 0 aliphatic heterocycles. The van der Waals surface area contributed by atoms with Gasteiger partial charge < -0.3 is 0 Å². The molecule has 6 unspecified atom stereocenters. The number of fused-ring (bicyclic) bond motifs is 8. The van der Waals surface area contributed by atoms with Gasteiger partial charge in [0.2, 0.25) is 0 Å². The lowest BCUT2D eigenvalue weighted by molar-refractivity contribution is -0.118. The third kappa shape index (κ3) is 1.02. The predicted molar refractivity (Wildman–Crippen MR) is 58.3 cm³/mol. The van der Waals surface area contributed by atoms with Crippen LogP contribution in [0.4, 0.5) is 0 Å². The molecular formula is C14H20O. The lowest BCUT2D eigenvalue weighted by Crippen LogP contribution is -2.34. The molecule has 4 rings (SSSR count). The molecule has 82 valence electrons. The van der Waals surface area contributed by atoms with Gasteiger partial charge in [-0.05, 0) is 54.8 Å². The Morgan fingerprint density at radius 3 is 1.80 bits per heavy atom. The highest BCUT2D eigenvalue weighted by Gasteiger charge is 2.60. The van der Waals surface area contributed by atoms with Crippen LogP contribution in [-0.2, 0) is 4.79 Å². The van der Waals surface area contributed by atoms with E-state index in [1.807, 2.05) is 0 Å². The second kappa shape index (κ2) is 2.87. The molecule has 0 heterocycles. The van der Waals surface area contributed by atoms with Crippen LogP contribution in [0.2, 0.25) is 0 Å². The third-order valence-electron chi connectivity index (χ3n) is 6.10. The summed E-state index contributed by atoms with van der Waals surface area (Å²) in [6.07, 6.45) is 9.32. The van der Waals surface area contributed by atoms with E-state index < -0.39 is 0 Å². The molecule has 0 amide bonds. The minimum Gasteiger partial charge on any atom is -0.300 e. The SMILES string of the molecule is O=C1CC2C(C1)C1CC2C2CCCCC21. The summed E-state index contributed by atoms with van der Waals surface area (Å²) in [6.45, 7) is 0. The van der Waals surface area contributed by atoms with E-state index in [-0.39, 0.29) is 0 Å². The number of rotatable bonds is 0. The van der Waals surface area contributed by atoms with E-state index in [0.717, 1.165) is 48.3 Å². The number of carbonyl (C=O) groups is 1. The van der Waals surface area contributed by atoms with E-state index in [9.17, 15) is 4.79 Å². The summed E-state index contributed by atoms with van der Waals surface area (Å²) >= 11 is 0. The Labute approximate surface area is 91.6 Å². The Bertz CT molecular complexity index is 280. The van der Waals surface area contributed by atoms with Crippen LogP contribution in [0, 0.1) is 35.5 Å². The van der Waals surface area contributed by atoms with E-state index in [4.69, 9.17) is 0 Å². The van der Waals surface area contributed by atoms with Crippen molar-refractivity contribution in [2.24, 2.45) is 35.5 Å². The van der Waals surface area contributed by atoms with Crippen molar-refractivity contribution in [2.45, 2.75) is 44.9 Å². The Morgan fingerprint density at radius 1 is 0.733 bits per heavy atom. The maximum Gasteiger partial charge on any atom is 0.133 e. The first kappa shape index (κ1) is 8.78. The molecule has 4 fully saturated rings. The zero-order chi connectivity index (χ0) is 9.99. The second-order valence-electron chi connectivity index (χ2n) is 6.45. The van der Waals surface area contributed by atoms with Gasteiger partial charge in [-0.3, -0.25) is 4.79 Å². The smallest absolute Gasteiger partial charge is 0.133 e. The molecule has 0 spiro atoms. The summed E-state index contributed by atoms with van der Waals surface area (Å²) in [5, 5.41) is 0. The first-order valence-corrected chi connectivity index (χ1v) is 6.86. The number of hydrogen-bond acceptors (Lipinski definition) is 1. The first-order chi connectivity index (χ1) is 7.34. The van der Waals surface area contributed by atoms with E-state index in [1.165, 1.54) is 32.1 Å². The highest BCUT2D eigenvalue weighted by atomic mass is 16.1. The summed E-state index contributed by atoms with van der Waals surface area (Å²) in [4.78, 5) is 11.6. The van der Waals surface area contributed by atoms with Crippen LogP contribution in [0.5, 0.6) is 0 Å². The standard InChI is InChI=1S/C14H20O/c15-8-5-11-12(6-8)14-7-13(11)9-3-1-2-4-10(9)14/h9-14H,1-7H2. The molecule has 2 bridgehead atoms. The maximum atomic E-state index is 11.6. The lowest BCUT2D eigenvalue weighted by atomic mass is 9.64. The molecule has 4 saturated carbocycles. The first-order valence-electron chi connectivity index (χ1n) is 6.86. The summed E-state index contributed by atoms with van der Waals surface area (Å²) < 4.78 is 0. The molecule has 0 aromatic carbocycles. The zero-order valence-electron chi connectivity index (χ0n) is 9.32. The topological polar surface area (TPSA) is 17.1 Å². The molecule has 0 aromatic heterocycles. The van der Waals surface area contributed by atoms with Crippen molar-refractivity contribution in [3.05, 3.63) is 0 Å². The van der Waals surface area contributed by atoms with Gasteiger partial charge in [-0.1, -0.05) is 12.8 Å². The summed E-state index contributed by atoms with van der Waals surface area (Å²) in [6, 6.07) is 0. The normalized spacial score (nSPS) is 56.9. The number of ketones is 1. The van der Waals surface area contributed by atoms with Crippen LogP contribution in [0.1, 0.15) is 44.9 Å². The molecule has 0 N–H and O–H groups in total.